The molecule has 0 aromatic carbocycles. The van der Waals surface area contributed by atoms with Gasteiger partial charge in [-0.2, -0.15) is 0 Å². The van der Waals surface area contributed by atoms with E-state index >= 15 is 0 Å². The summed E-state index contributed by atoms with van der Waals surface area (Å²) in [5.74, 6) is 0.788. The largest absolute Gasteiger partial charge is 0.367 e. The summed E-state index contributed by atoms with van der Waals surface area (Å²) in [6.45, 7) is 3.35. The summed E-state index contributed by atoms with van der Waals surface area (Å²) in [7, 11) is 0. The maximum absolute atomic E-state index is 12.3. The third-order valence-electron chi connectivity index (χ3n) is 3.72. The molecule has 0 aliphatic carbocycles. The van der Waals surface area contributed by atoms with Crippen molar-refractivity contribution in [2.75, 3.05) is 18.4 Å². The maximum Gasteiger partial charge on any atom is 0.274 e. The van der Waals surface area contributed by atoms with Crippen LogP contribution in [0.2, 0.25) is 0 Å². The molecular formula is C15H18N6O. The van der Waals surface area contributed by atoms with Gasteiger partial charge in [0, 0.05) is 43.3 Å². The van der Waals surface area contributed by atoms with Crippen molar-refractivity contribution in [1.29, 1.82) is 0 Å². The van der Waals surface area contributed by atoms with Crippen molar-refractivity contribution in [2.24, 2.45) is 0 Å². The first-order chi connectivity index (χ1) is 10.7. The number of nitrogens with one attached hydrogen (secondary N) is 1. The minimum atomic E-state index is -0.0515. The van der Waals surface area contributed by atoms with Crippen molar-refractivity contribution >= 4 is 11.7 Å². The zero-order valence-corrected chi connectivity index (χ0v) is 12.4. The first-order valence-corrected chi connectivity index (χ1v) is 7.33. The summed E-state index contributed by atoms with van der Waals surface area (Å²) in [6, 6.07) is 2.25. The molecule has 0 radical (unpaired) electrons. The van der Waals surface area contributed by atoms with Crippen molar-refractivity contribution in [3.8, 4) is 0 Å². The summed E-state index contributed by atoms with van der Waals surface area (Å²) in [5.41, 5.74) is 1.34. The number of hydrogen-bond acceptors (Lipinski definition) is 6. The summed E-state index contributed by atoms with van der Waals surface area (Å²) < 4.78 is 0. The van der Waals surface area contributed by atoms with Crippen LogP contribution in [0.3, 0.4) is 0 Å². The van der Waals surface area contributed by atoms with Gasteiger partial charge in [-0.25, -0.2) is 15.0 Å². The molecule has 0 unspecified atom stereocenters. The molecule has 0 saturated carbocycles. The van der Waals surface area contributed by atoms with Crippen LogP contribution in [-0.4, -0.2) is 49.9 Å². The van der Waals surface area contributed by atoms with E-state index in [1.165, 1.54) is 6.20 Å². The van der Waals surface area contributed by atoms with E-state index in [0.29, 0.717) is 24.8 Å². The fourth-order valence-electron chi connectivity index (χ4n) is 2.54. The van der Waals surface area contributed by atoms with Crippen LogP contribution < -0.4 is 5.32 Å². The van der Waals surface area contributed by atoms with Crippen molar-refractivity contribution in [1.82, 2.24) is 24.8 Å². The molecule has 3 heterocycles. The van der Waals surface area contributed by atoms with Crippen LogP contribution in [0.1, 0.15) is 29.0 Å². The Bertz CT molecular complexity index is 639. The molecule has 1 fully saturated rings. The van der Waals surface area contributed by atoms with Gasteiger partial charge in [0.15, 0.2) is 0 Å². The Morgan fingerprint density at radius 2 is 2.05 bits per heavy atom. The van der Waals surface area contributed by atoms with E-state index in [0.717, 1.165) is 24.4 Å². The van der Waals surface area contributed by atoms with Crippen LogP contribution in [0.4, 0.5) is 5.82 Å². The number of rotatable bonds is 3. The van der Waals surface area contributed by atoms with Gasteiger partial charge in [-0.3, -0.25) is 9.78 Å². The number of nitrogens with zero attached hydrogens (tertiary/aromatic N) is 5. The highest BCUT2D eigenvalue weighted by Gasteiger charge is 2.24. The van der Waals surface area contributed by atoms with Gasteiger partial charge in [0.1, 0.15) is 17.8 Å². The molecule has 1 amide bonds. The summed E-state index contributed by atoms with van der Waals surface area (Å²) in [4.78, 5) is 30.4. The number of carbonyl (C=O) groups excluding carboxylic acids is 1. The van der Waals surface area contributed by atoms with Gasteiger partial charge < -0.3 is 10.2 Å². The number of hydrogen-bond donors (Lipinski definition) is 1. The first-order valence-electron chi connectivity index (χ1n) is 7.33. The topological polar surface area (TPSA) is 83.9 Å². The lowest BCUT2D eigenvalue weighted by molar-refractivity contribution is 0.0712. The van der Waals surface area contributed by atoms with E-state index in [9.17, 15) is 4.79 Å². The fourth-order valence-corrected chi connectivity index (χ4v) is 2.54. The summed E-state index contributed by atoms with van der Waals surface area (Å²) in [5, 5.41) is 3.40. The Kier molecular flexibility index (Phi) is 4.22. The van der Waals surface area contributed by atoms with E-state index in [4.69, 9.17) is 0 Å². The Labute approximate surface area is 128 Å². The number of likely N-dealkylation sites (tertiary alicyclic amines) is 1. The maximum atomic E-state index is 12.3. The van der Waals surface area contributed by atoms with Crippen molar-refractivity contribution in [3.63, 3.8) is 0 Å². The van der Waals surface area contributed by atoms with Crippen LogP contribution in [0, 0.1) is 6.92 Å². The first kappa shape index (κ1) is 14.4. The predicted molar refractivity (Wildman–Crippen MR) is 81.3 cm³/mol. The molecule has 1 N–H and O–H groups in total. The van der Waals surface area contributed by atoms with Crippen LogP contribution in [0.5, 0.6) is 0 Å². The van der Waals surface area contributed by atoms with Gasteiger partial charge in [0.25, 0.3) is 5.91 Å². The van der Waals surface area contributed by atoms with Gasteiger partial charge >= 0.3 is 0 Å². The third kappa shape index (κ3) is 3.36. The standard InChI is InChI=1S/C15H18N6O/c1-11-8-14(19-10-18-11)20-12-2-6-21(7-3-12)15(22)13-9-16-4-5-17-13/h4-5,8-10,12H,2-3,6-7H2,1H3,(H,18,19,20). The summed E-state index contributed by atoms with van der Waals surface area (Å²) >= 11 is 0. The van der Waals surface area contributed by atoms with E-state index < -0.39 is 0 Å². The lowest BCUT2D eigenvalue weighted by atomic mass is 10.0. The van der Waals surface area contributed by atoms with Gasteiger partial charge in [-0.15, -0.1) is 0 Å². The smallest absolute Gasteiger partial charge is 0.274 e. The lowest BCUT2D eigenvalue weighted by Crippen LogP contribution is -2.42. The van der Waals surface area contributed by atoms with Crippen molar-refractivity contribution in [3.05, 3.63) is 42.4 Å². The molecule has 2 aromatic heterocycles. The molecule has 2 aromatic rings. The van der Waals surface area contributed by atoms with Gasteiger partial charge in [0.05, 0.1) is 6.20 Å². The number of aryl methyl sites for hydroxylation is 1. The number of anilines is 1. The zero-order chi connectivity index (χ0) is 15.4. The molecule has 22 heavy (non-hydrogen) atoms. The highest BCUT2D eigenvalue weighted by molar-refractivity contribution is 5.92. The molecule has 114 valence electrons. The molecule has 7 nitrogen and oxygen atoms in total. The molecule has 7 heteroatoms. The van der Waals surface area contributed by atoms with Gasteiger partial charge in [0.2, 0.25) is 0 Å². The fraction of sp³-hybridized carbons (Fsp3) is 0.400. The van der Waals surface area contributed by atoms with Crippen LogP contribution in [-0.2, 0) is 0 Å². The Morgan fingerprint density at radius 1 is 1.23 bits per heavy atom. The van der Waals surface area contributed by atoms with Gasteiger partial charge in [-0.1, -0.05) is 0 Å². The van der Waals surface area contributed by atoms with Crippen molar-refractivity contribution < 1.29 is 4.79 Å². The second-order valence-corrected chi connectivity index (χ2v) is 5.35. The monoisotopic (exact) mass is 298 g/mol. The average molecular weight is 298 g/mol. The van der Waals surface area contributed by atoms with Gasteiger partial charge in [-0.05, 0) is 19.8 Å². The number of aromatic nitrogens is 4. The van der Waals surface area contributed by atoms with E-state index in [-0.39, 0.29) is 5.91 Å². The molecular weight excluding hydrogens is 280 g/mol. The molecule has 0 atom stereocenters. The molecule has 1 saturated heterocycles. The Balaban J connectivity index is 1.55. The van der Waals surface area contributed by atoms with E-state index in [2.05, 4.69) is 25.3 Å². The number of carbonyl (C=O) groups is 1. The lowest BCUT2D eigenvalue weighted by Gasteiger charge is -2.32. The quantitative estimate of drug-likeness (QED) is 0.919. The molecule has 1 aliphatic rings. The minimum Gasteiger partial charge on any atom is -0.367 e. The predicted octanol–water partition coefficient (Wildman–Crippen LogP) is 1.29. The highest BCUT2D eigenvalue weighted by Crippen LogP contribution is 2.16. The summed E-state index contributed by atoms with van der Waals surface area (Å²) in [6.07, 6.45) is 7.94. The van der Waals surface area contributed by atoms with Crippen LogP contribution >= 0.6 is 0 Å². The zero-order valence-electron chi connectivity index (χ0n) is 12.4. The average Bonchev–Trinajstić information content (AvgIpc) is 2.56. The molecule has 3 rings (SSSR count). The third-order valence-corrected chi connectivity index (χ3v) is 3.72. The van der Waals surface area contributed by atoms with Crippen molar-refractivity contribution in [2.45, 2.75) is 25.8 Å². The number of amides is 1. The number of piperidine rings is 1. The second kappa shape index (κ2) is 6.46. The second-order valence-electron chi connectivity index (χ2n) is 5.35. The molecule has 0 bridgehead atoms. The van der Waals surface area contributed by atoms with Crippen LogP contribution in [0.15, 0.2) is 31.0 Å². The Morgan fingerprint density at radius 3 is 2.73 bits per heavy atom. The van der Waals surface area contributed by atoms with E-state index in [1.54, 1.807) is 18.7 Å². The normalized spacial score (nSPS) is 15.6. The molecule has 1 aliphatic heterocycles. The Hall–Kier alpha value is -2.57. The van der Waals surface area contributed by atoms with E-state index in [1.807, 2.05) is 17.9 Å². The highest BCUT2D eigenvalue weighted by atomic mass is 16.2. The molecule has 0 spiro atoms. The SMILES string of the molecule is Cc1cc(NC2CCN(C(=O)c3cnccn3)CC2)ncn1. The van der Waals surface area contributed by atoms with Crippen LogP contribution in [0.25, 0.3) is 0 Å². The minimum absolute atomic E-state index is 0.0515.